The fourth-order valence-electron chi connectivity index (χ4n) is 3.47. The lowest BCUT2D eigenvalue weighted by Crippen LogP contribution is -2.32. The molecule has 2 fully saturated rings. The van der Waals surface area contributed by atoms with Crippen LogP contribution in [0.4, 0.5) is 10.6 Å². The highest BCUT2D eigenvalue weighted by Gasteiger charge is 2.57. The summed E-state index contributed by atoms with van der Waals surface area (Å²) in [4.78, 5) is 12.4. The molecule has 23 heavy (non-hydrogen) atoms. The van der Waals surface area contributed by atoms with E-state index in [4.69, 9.17) is 5.11 Å². The number of aryl methyl sites for hydroxylation is 2. The van der Waals surface area contributed by atoms with Crippen molar-refractivity contribution in [1.29, 1.82) is 0 Å². The van der Waals surface area contributed by atoms with Gasteiger partial charge in [-0.3, -0.25) is 4.68 Å². The Morgan fingerprint density at radius 1 is 1.30 bits per heavy atom. The van der Waals surface area contributed by atoms with Crippen molar-refractivity contribution < 1.29 is 9.90 Å². The maximum Gasteiger partial charge on any atom is 0.407 e. The summed E-state index contributed by atoms with van der Waals surface area (Å²) in [5, 5.41) is 25.1. The predicted octanol–water partition coefficient (Wildman–Crippen LogP) is 1.21. The molecule has 1 amide bonds. The number of carboxylic acid groups (broad SMARTS) is 1. The lowest BCUT2D eigenvalue weighted by Gasteiger charge is -2.16. The maximum absolute atomic E-state index is 10.9. The second-order valence-electron chi connectivity index (χ2n) is 6.29. The molecule has 120 valence electrons. The first-order valence-electron chi connectivity index (χ1n) is 7.61. The quantitative estimate of drug-likeness (QED) is 0.884. The highest BCUT2D eigenvalue weighted by atomic mass is 16.4. The van der Waals surface area contributed by atoms with Gasteiger partial charge in [-0.15, -0.1) is 10.2 Å². The molecule has 0 unspecified atom stereocenters. The average molecular weight is 314 g/mol. The Labute approximate surface area is 133 Å². The fraction of sp³-hybridized carbons (Fsp3) is 0.467. The van der Waals surface area contributed by atoms with Crippen LogP contribution in [0.25, 0.3) is 11.3 Å². The minimum absolute atomic E-state index is 0.311. The van der Waals surface area contributed by atoms with Gasteiger partial charge >= 0.3 is 6.09 Å². The Hall–Kier alpha value is -2.64. The van der Waals surface area contributed by atoms with Crippen LogP contribution in [0.15, 0.2) is 18.3 Å². The highest BCUT2D eigenvalue weighted by Crippen LogP contribution is 2.46. The van der Waals surface area contributed by atoms with Crippen LogP contribution in [0.5, 0.6) is 0 Å². The van der Waals surface area contributed by atoms with E-state index in [1.807, 2.05) is 32.3 Å². The number of nitrogens with one attached hydrogen (secondary N) is 1. The predicted molar refractivity (Wildman–Crippen MR) is 83.0 cm³/mol. The number of aromatic nitrogens is 4. The van der Waals surface area contributed by atoms with E-state index in [2.05, 4.69) is 20.6 Å². The molecule has 0 bridgehead atoms. The van der Waals surface area contributed by atoms with Gasteiger partial charge < -0.3 is 15.3 Å². The molecule has 1 saturated carbocycles. The van der Waals surface area contributed by atoms with Crippen LogP contribution >= 0.6 is 0 Å². The third-order valence-electron chi connectivity index (χ3n) is 4.73. The first-order valence-corrected chi connectivity index (χ1v) is 7.61. The number of likely N-dealkylation sites (tertiary alicyclic amines) is 1. The first-order chi connectivity index (χ1) is 11.0. The topological polar surface area (TPSA) is 96.2 Å². The number of fused-ring (bicyclic) bond motifs is 1. The van der Waals surface area contributed by atoms with Gasteiger partial charge in [0.2, 0.25) is 0 Å². The smallest absolute Gasteiger partial charge is 0.407 e. The number of anilines is 1. The summed E-state index contributed by atoms with van der Waals surface area (Å²) in [6, 6.07) is 4.16. The summed E-state index contributed by atoms with van der Waals surface area (Å²) in [6.07, 6.45) is 1.10. The number of rotatable bonds is 3. The summed E-state index contributed by atoms with van der Waals surface area (Å²) in [5.41, 5.74) is 2.70. The number of hydrogen-bond acceptors (Lipinski definition) is 5. The third-order valence-corrected chi connectivity index (χ3v) is 4.73. The summed E-state index contributed by atoms with van der Waals surface area (Å²) >= 11 is 0. The van der Waals surface area contributed by atoms with Crippen LogP contribution in [-0.4, -0.2) is 55.2 Å². The maximum atomic E-state index is 10.9. The molecule has 1 aliphatic heterocycles. The second-order valence-corrected chi connectivity index (χ2v) is 6.29. The van der Waals surface area contributed by atoms with Crippen LogP contribution in [0.1, 0.15) is 5.69 Å². The zero-order valence-corrected chi connectivity index (χ0v) is 13.0. The molecule has 3 heterocycles. The van der Waals surface area contributed by atoms with Gasteiger partial charge in [0.1, 0.15) is 5.82 Å². The highest BCUT2D eigenvalue weighted by molar-refractivity contribution is 5.66. The van der Waals surface area contributed by atoms with Crippen molar-refractivity contribution >= 4 is 11.9 Å². The van der Waals surface area contributed by atoms with Crippen molar-refractivity contribution in [1.82, 2.24) is 24.9 Å². The van der Waals surface area contributed by atoms with Gasteiger partial charge in [0.15, 0.2) is 0 Å². The van der Waals surface area contributed by atoms with Crippen molar-refractivity contribution in [2.75, 3.05) is 18.4 Å². The molecule has 8 heteroatoms. The number of hydrogen-bond donors (Lipinski definition) is 2. The molecule has 3 atom stereocenters. The van der Waals surface area contributed by atoms with Gasteiger partial charge in [0, 0.05) is 49.8 Å². The second kappa shape index (κ2) is 4.94. The molecule has 4 rings (SSSR count). The number of carbonyl (C=O) groups is 1. The largest absolute Gasteiger partial charge is 0.465 e. The molecule has 2 aromatic heterocycles. The minimum Gasteiger partial charge on any atom is -0.465 e. The van der Waals surface area contributed by atoms with Crippen molar-refractivity contribution in [3.8, 4) is 11.3 Å². The van der Waals surface area contributed by atoms with Crippen molar-refractivity contribution in [3.63, 3.8) is 0 Å². The molecular weight excluding hydrogens is 296 g/mol. The number of amides is 1. The molecule has 2 aliphatic rings. The Morgan fingerprint density at radius 2 is 2.04 bits per heavy atom. The summed E-state index contributed by atoms with van der Waals surface area (Å²) in [5.74, 6) is 1.53. The Bertz CT molecular complexity index is 744. The van der Waals surface area contributed by atoms with Gasteiger partial charge in [0.25, 0.3) is 0 Å². The van der Waals surface area contributed by atoms with Gasteiger partial charge in [-0.2, -0.15) is 5.10 Å². The van der Waals surface area contributed by atoms with Crippen LogP contribution in [-0.2, 0) is 7.05 Å². The van der Waals surface area contributed by atoms with Crippen LogP contribution in [0, 0.1) is 18.8 Å². The molecule has 2 aromatic rings. The van der Waals surface area contributed by atoms with E-state index in [-0.39, 0.29) is 0 Å². The summed E-state index contributed by atoms with van der Waals surface area (Å²) < 4.78 is 1.76. The SMILES string of the molecule is Cc1nn(C)cc1-c1ccc(N[C@H]2[C@@H]3CN(C(=O)O)C[C@@H]32)nn1. The molecule has 8 nitrogen and oxygen atoms in total. The van der Waals surface area contributed by atoms with Gasteiger partial charge in [-0.25, -0.2) is 4.79 Å². The van der Waals surface area contributed by atoms with Crippen molar-refractivity contribution in [2.45, 2.75) is 13.0 Å². The number of nitrogens with zero attached hydrogens (tertiary/aromatic N) is 5. The van der Waals surface area contributed by atoms with E-state index in [0.29, 0.717) is 31.0 Å². The molecule has 0 radical (unpaired) electrons. The first kappa shape index (κ1) is 14.0. The van der Waals surface area contributed by atoms with E-state index < -0.39 is 6.09 Å². The average Bonchev–Trinajstić information content (AvgIpc) is 2.88. The van der Waals surface area contributed by atoms with E-state index in [9.17, 15) is 4.79 Å². The van der Waals surface area contributed by atoms with E-state index >= 15 is 0 Å². The van der Waals surface area contributed by atoms with Crippen molar-refractivity contribution in [2.24, 2.45) is 18.9 Å². The molecule has 2 N–H and O–H groups in total. The van der Waals surface area contributed by atoms with E-state index in [0.717, 1.165) is 22.8 Å². The fourth-order valence-corrected chi connectivity index (χ4v) is 3.47. The van der Waals surface area contributed by atoms with E-state index in [1.165, 1.54) is 4.90 Å². The molecule has 1 saturated heterocycles. The zero-order valence-electron chi connectivity index (χ0n) is 13.0. The Balaban J connectivity index is 1.41. The lowest BCUT2D eigenvalue weighted by atomic mass is 10.2. The minimum atomic E-state index is -0.827. The van der Waals surface area contributed by atoms with Crippen LogP contribution in [0.2, 0.25) is 0 Å². The van der Waals surface area contributed by atoms with Crippen LogP contribution in [0.3, 0.4) is 0 Å². The zero-order chi connectivity index (χ0) is 16.1. The molecule has 0 aromatic carbocycles. The molecule has 0 spiro atoms. The van der Waals surface area contributed by atoms with E-state index in [1.54, 1.807) is 4.68 Å². The number of piperidine rings is 1. The lowest BCUT2D eigenvalue weighted by molar-refractivity contribution is 0.150. The van der Waals surface area contributed by atoms with Crippen LogP contribution < -0.4 is 5.32 Å². The monoisotopic (exact) mass is 314 g/mol. The molecule has 1 aliphatic carbocycles. The van der Waals surface area contributed by atoms with Gasteiger partial charge in [0.05, 0.1) is 11.4 Å². The normalized spacial score (nSPS) is 25.3. The summed E-state index contributed by atoms with van der Waals surface area (Å²) in [7, 11) is 1.88. The van der Waals surface area contributed by atoms with Crippen molar-refractivity contribution in [3.05, 3.63) is 24.0 Å². The third kappa shape index (κ3) is 2.39. The summed E-state index contributed by atoms with van der Waals surface area (Å²) in [6.45, 7) is 3.17. The van der Waals surface area contributed by atoms with Gasteiger partial charge in [-0.1, -0.05) is 0 Å². The standard InChI is InChI=1S/C15H18N6O2/c1-8-9(5-20(2)19-8)12-3-4-13(18-17-12)16-14-10-6-21(15(22)23)7-11(10)14/h3-5,10-11,14H,6-7H2,1-2H3,(H,16,18)(H,22,23)/t10-,11+,14+. The molecular formula is C15H18N6O2. The Kier molecular flexibility index (Phi) is 3.00. The van der Waals surface area contributed by atoms with Gasteiger partial charge in [-0.05, 0) is 19.1 Å². The Morgan fingerprint density at radius 3 is 2.57 bits per heavy atom.